The first-order valence-electron chi connectivity index (χ1n) is 9.64. The minimum absolute atomic E-state index is 0.206. The van der Waals surface area contributed by atoms with Crippen molar-refractivity contribution in [1.29, 1.82) is 0 Å². The quantitative estimate of drug-likeness (QED) is 0.650. The smallest absolute Gasteiger partial charge is 0.341 e. The standard InChI is InChI=1S/C23H21N3O4/c1-15-12-19(30-14-21(28)29)22-18(27)13-20(25-16-8-4-2-5-9-16)26(23(22)24-15)17-10-6-3-7-11-17/h3-4,6-13,25H,2,5,14H2,1H3,(H,28,29). The van der Waals surface area contributed by atoms with Crippen molar-refractivity contribution in [1.82, 2.24) is 9.55 Å². The Hall–Kier alpha value is -3.87. The summed E-state index contributed by atoms with van der Waals surface area (Å²) in [5.74, 6) is -0.341. The number of pyridine rings is 2. The number of nitrogens with zero attached hydrogens (tertiary/aromatic N) is 2. The van der Waals surface area contributed by atoms with Gasteiger partial charge in [0, 0.05) is 29.2 Å². The highest BCUT2D eigenvalue weighted by atomic mass is 16.5. The van der Waals surface area contributed by atoms with Crippen molar-refractivity contribution >= 4 is 22.8 Å². The van der Waals surface area contributed by atoms with E-state index in [0.29, 0.717) is 17.2 Å². The molecule has 7 heteroatoms. The minimum Gasteiger partial charge on any atom is -0.481 e. The van der Waals surface area contributed by atoms with E-state index in [1.54, 1.807) is 13.0 Å². The number of anilines is 1. The first kappa shape index (κ1) is 19.4. The second kappa shape index (κ2) is 8.24. The first-order chi connectivity index (χ1) is 14.5. The fourth-order valence-electron chi connectivity index (χ4n) is 3.43. The summed E-state index contributed by atoms with van der Waals surface area (Å²) < 4.78 is 7.28. The highest BCUT2D eigenvalue weighted by molar-refractivity contribution is 5.86. The topological polar surface area (TPSA) is 93.5 Å². The number of para-hydroxylation sites is 1. The van der Waals surface area contributed by atoms with E-state index in [4.69, 9.17) is 9.84 Å². The monoisotopic (exact) mass is 403 g/mol. The highest BCUT2D eigenvalue weighted by Gasteiger charge is 2.18. The molecule has 3 aromatic rings. The number of ether oxygens (including phenoxy) is 1. The van der Waals surface area contributed by atoms with Gasteiger partial charge in [0.15, 0.2) is 17.7 Å². The molecular formula is C23H21N3O4. The molecule has 4 rings (SSSR count). The molecule has 0 spiro atoms. The molecule has 0 aliphatic heterocycles. The molecule has 0 fully saturated rings. The maximum Gasteiger partial charge on any atom is 0.341 e. The summed E-state index contributed by atoms with van der Waals surface area (Å²) in [5, 5.41) is 12.6. The number of carboxylic acids is 1. The number of hydrogen-bond donors (Lipinski definition) is 2. The van der Waals surface area contributed by atoms with Crippen molar-refractivity contribution in [3.05, 3.63) is 82.3 Å². The molecule has 2 heterocycles. The van der Waals surface area contributed by atoms with Gasteiger partial charge in [-0.15, -0.1) is 0 Å². The highest BCUT2D eigenvalue weighted by Crippen LogP contribution is 2.29. The molecule has 0 saturated carbocycles. The Bertz CT molecular complexity index is 1230. The van der Waals surface area contributed by atoms with Crippen LogP contribution in [0.3, 0.4) is 0 Å². The summed E-state index contributed by atoms with van der Waals surface area (Å²) >= 11 is 0. The van der Waals surface area contributed by atoms with E-state index in [1.165, 1.54) is 6.07 Å². The lowest BCUT2D eigenvalue weighted by molar-refractivity contribution is -0.139. The van der Waals surface area contributed by atoms with Gasteiger partial charge in [0.1, 0.15) is 17.0 Å². The van der Waals surface area contributed by atoms with Crippen molar-refractivity contribution in [2.24, 2.45) is 0 Å². The largest absolute Gasteiger partial charge is 0.481 e. The maximum atomic E-state index is 13.0. The Balaban J connectivity index is 1.98. The number of carboxylic acid groups (broad SMARTS) is 1. The van der Waals surface area contributed by atoms with Gasteiger partial charge in [0.05, 0.1) is 0 Å². The molecule has 152 valence electrons. The Morgan fingerprint density at radius 2 is 2.03 bits per heavy atom. The number of rotatable bonds is 6. The van der Waals surface area contributed by atoms with Crippen LogP contribution in [0.15, 0.2) is 71.2 Å². The number of benzene rings is 1. The van der Waals surface area contributed by atoms with E-state index in [0.717, 1.165) is 24.2 Å². The predicted octanol–water partition coefficient (Wildman–Crippen LogP) is 3.80. The van der Waals surface area contributed by atoms with Crippen molar-refractivity contribution in [3.63, 3.8) is 0 Å². The van der Waals surface area contributed by atoms with Crippen LogP contribution in [-0.2, 0) is 4.79 Å². The van der Waals surface area contributed by atoms with E-state index in [2.05, 4.69) is 22.5 Å². The molecule has 1 aromatic carbocycles. The number of aromatic nitrogens is 2. The number of fused-ring (bicyclic) bond motifs is 1. The van der Waals surface area contributed by atoms with Gasteiger partial charge in [0.25, 0.3) is 0 Å². The number of carbonyl (C=O) groups is 1. The van der Waals surface area contributed by atoms with Crippen LogP contribution < -0.4 is 15.5 Å². The second-order valence-corrected chi connectivity index (χ2v) is 6.97. The summed E-state index contributed by atoms with van der Waals surface area (Å²) in [5.41, 5.74) is 2.43. The summed E-state index contributed by atoms with van der Waals surface area (Å²) in [6, 6.07) is 12.6. The summed E-state index contributed by atoms with van der Waals surface area (Å²) in [6.07, 6.45) is 8.05. The van der Waals surface area contributed by atoms with Crippen molar-refractivity contribution in [2.45, 2.75) is 19.8 Å². The number of aryl methyl sites for hydroxylation is 1. The molecule has 0 atom stereocenters. The van der Waals surface area contributed by atoms with Crippen LogP contribution in [0.2, 0.25) is 0 Å². The second-order valence-electron chi connectivity index (χ2n) is 6.97. The van der Waals surface area contributed by atoms with Gasteiger partial charge in [-0.05, 0) is 38.0 Å². The average molecular weight is 403 g/mol. The maximum absolute atomic E-state index is 13.0. The zero-order valence-corrected chi connectivity index (χ0v) is 16.5. The van der Waals surface area contributed by atoms with Crippen LogP contribution in [0.25, 0.3) is 16.7 Å². The van der Waals surface area contributed by atoms with Crippen LogP contribution in [0.4, 0.5) is 5.82 Å². The molecule has 0 bridgehead atoms. The lowest BCUT2D eigenvalue weighted by Crippen LogP contribution is -2.17. The molecule has 0 amide bonds. The van der Waals surface area contributed by atoms with Gasteiger partial charge in [-0.1, -0.05) is 30.4 Å². The lowest BCUT2D eigenvalue weighted by Gasteiger charge is -2.20. The normalized spacial score (nSPS) is 13.2. The van der Waals surface area contributed by atoms with Crippen LogP contribution in [0.5, 0.6) is 5.75 Å². The fourth-order valence-corrected chi connectivity index (χ4v) is 3.43. The lowest BCUT2D eigenvalue weighted by atomic mass is 10.1. The molecule has 30 heavy (non-hydrogen) atoms. The molecule has 2 aromatic heterocycles. The van der Waals surface area contributed by atoms with Crippen LogP contribution in [0.1, 0.15) is 18.5 Å². The first-order valence-corrected chi connectivity index (χ1v) is 9.64. The number of hydrogen-bond acceptors (Lipinski definition) is 5. The van der Waals surface area contributed by atoms with Gasteiger partial charge < -0.3 is 15.2 Å². The van der Waals surface area contributed by atoms with Gasteiger partial charge in [-0.25, -0.2) is 9.78 Å². The Morgan fingerprint density at radius 3 is 2.73 bits per heavy atom. The number of nitrogens with one attached hydrogen (secondary N) is 1. The number of allylic oxidation sites excluding steroid dienone is 3. The third-order valence-corrected chi connectivity index (χ3v) is 4.69. The molecule has 2 N–H and O–H groups in total. The number of aliphatic carboxylic acids is 1. The van der Waals surface area contributed by atoms with E-state index in [9.17, 15) is 9.59 Å². The Morgan fingerprint density at radius 1 is 1.23 bits per heavy atom. The zero-order valence-electron chi connectivity index (χ0n) is 16.5. The van der Waals surface area contributed by atoms with Gasteiger partial charge >= 0.3 is 5.97 Å². The van der Waals surface area contributed by atoms with E-state index in [-0.39, 0.29) is 16.6 Å². The molecule has 1 aliphatic rings. The molecule has 1 aliphatic carbocycles. The van der Waals surface area contributed by atoms with Crippen molar-refractivity contribution in [2.75, 3.05) is 11.9 Å². The molecule has 0 unspecified atom stereocenters. The predicted molar refractivity (Wildman–Crippen MR) is 115 cm³/mol. The van der Waals surface area contributed by atoms with Crippen LogP contribution in [-0.4, -0.2) is 27.2 Å². The molecule has 0 saturated heterocycles. The van der Waals surface area contributed by atoms with Gasteiger partial charge in [-0.3, -0.25) is 9.36 Å². The third-order valence-electron chi connectivity index (χ3n) is 4.69. The molecule has 0 radical (unpaired) electrons. The summed E-state index contributed by atoms with van der Waals surface area (Å²) in [7, 11) is 0. The summed E-state index contributed by atoms with van der Waals surface area (Å²) in [4.78, 5) is 28.7. The minimum atomic E-state index is -1.12. The van der Waals surface area contributed by atoms with Crippen molar-refractivity contribution in [3.8, 4) is 11.4 Å². The fraction of sp³-hybridized carbons (Fsp3) is 0.174. The zero-order chi connectivity index (χ0) is 21.1. The Kier molecular flexibility index (Phi) is 5.34. The average Bonchev–Trinajstić information content (AvgIpc) is 2.73. The van der Waals surface area contributed by atoms with Gasteiger partial charge in [-0.2, -0.15) is 0 Å². The van der Waals surface area contributed by atoms with Crippen LogP contribution >= 0.6 is 0 Å². The third kappa shape index (κ3) is 3.96. The van der Waals surface area contributed by atoms with Crippen LogP contribution in [0, 0.1) is 6.92 Å². The molecule has 7 nitrogen and oxygen atoms in total. The van der Waals surface area contributed by atoms with E-state index >= 15 is 0 Å². The summed E-state index contributed by atoms with van der Waals surface area (Å²) in [6.45, 7) is 1.24. The van der Waals surface area contributed by atoms with Gasteiger partial charge in [0.2, 0.25) is 0 Å². The molecular weight excluding hydrogens is 382 g/mol. The van der Waals surface area contributed by atoms with E-state index < -0.39 is 12.6 Å². The van der Waals surface area contributed by atoms with Crippen molar-refractivity contribution < 1.29 is 14.6 Å². The van der Waals surface area contributed by atoms with E-state index in [1.807, 2.05) is 41.0 Å². The Labute approximate surface area is 172 Å². The SMILES string of the molecule is Cc1cc(OCC(=O)O)c2c(=O)cc(NC3=CCCC=C3)n(-c3ccccc3)c2n1.